The Kier molecular flexibility index (Phi) is 36.3. The van der Waals surface area contributed by atoms with E-state index in [0.717, 1.165) is 19.3 Å². The lowest BCUT2D eigenvalue weighted by molar-refractivity contribution is -0.137. The first kappa shape index (κ1) is 77.4. The van der Waals surface area contributed by atoms with E-state index in [1.165, 1.54) is 26.0 Å². The molecule has 0 radical (unpaired) electrons. The molecular weight excluding hydrogens is 1170 g/mol. The number of carbonyl (C=O) groups excluding carboxylic acids is 11. The van der Waals surface area contributed by atoms with Gasteiger partial charge in [0, 0.05) is 50.0 Å². The normalized spacial score (nSPS) is 22.9. The standard InChI is InChI=1S/C59H99Cl2N13O13/c1-7-33(4)10-8-9-11-40(77)29-37(14-20-62)53(81)73-50(34(5)75)49(79)30-38(15-21-63)52(80)69-46-19-25-67-59(87)51(35(6)76)74-57(85)45(18-24-66)70-55(83)44(17-23-65)71-58(86)47(26-32(2)3)72-54(82)39(27-36-12-13-41(60)42(61)28-36)31-48(78)43(16-22-64)68-56(46)84/h12-13,28,32-35,37-39,43-47,50-51,75-76H,7-11,14-27,29-31,62-66H2,1-6H3,(H,67,87)(H,68,84)(H,69,80)(H,70,83)(H,71,86)(H,72,82)(H,73,81)(H,74,85)/t33-,34+,35+,37+,38+,39-,43-,44-,45-,46-,47-,50-,51-/m0/s1. The molecule has 0 unspecified atom stereocenters. The third kappa shape index (κ3) is 27.7. The number of nitrogens with two attached hydrogens (primary N) is 5. The smallest absolute Gasteiger partial charge is 0.245 e. The number of amides is 8. The van der Waals surface area contributed by atoms with E-state index in [1.54, 1.807) is 19.9 Å². The number of aliphatic hydroxyl groups excluding tert-OH is 2. The Morgan fingerprint density at radius 2 is 1.20 bits per heavy atom. The van der Waals surface area contributed by atoms with Crippen LogP contribution in [0.15, 0.2) is 18.2 Å². The summed E-state index contributed by atoms with van der Waals surface area (Å²) in [6.45, 7) is 9.27. The molecule has 492 valence electrons. The molecule has 2 rings (SSSR count). The molecule has 1 heterocycles. The molecule has 1 aliphatic heterocycles. The molecule has 13 atom stereocenters. The second kappa shape index (κ2) is 40.8. The summed E-state index contributed by atoms with van der Waals surface area (Å²) in [5, 5.41) is 42.7. The van der Waals surface area contributed by atoms with E-state index in [0.29, 0.717) is 17.9 Å². The first-order chi connectivity index (χ1) is 41.1. The highest BCUT2D eigenvalue weighted by Gasteiger charge is 2.38. The molecule has 0 aromatic heterocycles. The van der Waals surface area contributed by atoms with Gasteiger partial charge in [-0.15, -0.1) is 0 Å². The van der Waals surface area contributed by atoms with E-state index >= 15 is 0 Å². The van der Waals surface area contributed by atoms with Gasteiger partial charge < -0.3 is 81.4 Å². The Hall–Kier alpha value is -5.71. The number of aliphatic hydroxyl groups is 2. The maximum atomic E-state index is 14.6. The van der Waals surface area contributed by atoms with Crippen molar-refractivity contribution in [2.75, 3.05) is 39.3 Å². The van der Waals surface area contributed by atoms with Gasteiger partial charge in [-0.2, -0.15) is 0 Å². The fourth-order valence-corrected chi connectivity index (χ4v) is 10.3. The van der Waals surface area contributed by atoms with Gasteiger partial charge in [-0.05, 0) is 134 Å². The molecule has 87 heavy (non-hydrogen) atoms. The lowest BCUT2D eigenvalue weighted by Crippen LogP contribution is -2.60. The predicted molar refractivity (Wildman–Crippen MR) is 330 cm³/mol. The van der Waals surface area contributed by atoms with Crippen LogP contribution < -0.4 is 71.2 Å². The molecule has 28 heteroatoms. The first-order valence-corrected chi connectivity index (χ1v) is 31.2. The van der Waals surface area contributed by atoms with Crippen molar-refractivity contribution < 1.29 is 63.0 Å². The number of benzene rings is 1. The van der Waals surface area contributed by atoms with Crippen molar-refractivity contribution in [1.82, 2.24) is 42.5 Å². The quantitative estimate of drug-likeness (QED) is 0.0410. The Morgan fingerprint density at radius 1 is 0.644 bits per heavy atom. The highest BCUT2D eigenvalue weighted by molar-refractivity contribution is 6.42. The molecule has 26 nitrogen and oxygen atoms in total. The lowest BCUT2D eigenvalue weighted by atomic mass is 9.89. The van der Waals surface area contributed by atoms with Crippen LogP contribution in [0.25, 0.3) is 0 Å². The first-order valence-electron chi connectivity index (χ1n) is 30.4. The second-order valence-electron chi connectivity index (χ2n) is 23.2. The zero-order valence-corrected chi connectivity index (χ0v) is 52.9. The van der Waals surface area contributed by atoms with Crippen LogP contribution in [-0.4, -0.2) is 169 Å². The summed E-state index contributed by atoms with van der Waals surface area (Å²) in [5.41, 5.74) is 30.0. The van der Waals surface area contributed by atoms with Crippen LogP contribution in [0.1, 0.15) is 143 Å². The van der Waals surface area contributed by atoms with Gasteiger partial charge in [0.25, 0.3) is 0 Å². The Morgan fingerprint density at radius 3 is 1.74 bits per heavy atom. The lowest BCUT2D eigenvalue weighted by Gasteiger charge is -2.28. The minimum absolute atomic E-state index is 0.0394. The molecule has 0 spiro atoms. The molecule has 20 N–H and O–H groups in total. The minimum atomic E-state index is -1.68. The highest BCUT2D eigenvalue weighted by Crippen LogP contribution is 2.26. The molecule has 0 aliphatic carbocycles. The van der Waals surface area contributed by atoms with E-state index in [1.807, 2.05) is 0 Å². The van der Waals surface area contributed by atoms with Crippen molar-refractivity contribution >= 4 is 87.8 Å². The summed E-state index contributed by atoms with van der Waals surface area (Å²) < 4.78 is 0. The number of unbranched alkanes of at least 4 members (excludes halogenated alkanes) is 1. The van der Waals surface area contributed by atoms with E-state index < -0.39 is 157 Å². The van der Waals surface area contributed by atoms with Crippen LogP contribution in [0.5, 0.6) is 0 Å². The number of hydrogen-bond acceptors (Lipinski definition) is 18. The van der Waals surface area contributed by atoms with Crippen LogP contribution in [0.4, 0.5) is 0 Å². The van der Waals surface area contributed by atoms with Crippen molar-refractivity contribution in [2.45, 2.75) is 199 Å². The van der Waals surface area contributed by atoms with Gasteiger partial charge in [0.15, 0.2) is 11.6 Å². The van der Waals surface area contributed by atoms with E-state index in [-0.39, 0.29) is 112 Å². The minimum Gasteiger partial charge on any atom is -0.391 e. The van der Waals surface area contributed by atoms with Crippen LogP contribution in [-0.2, 0) is 59.2 Å². The largest absolute Gasteiger partial charge is 0.391 e. The fraction of sp³-hybridized carbons (Fsp3) is 0.712. The highest BCUT2D eigenvalue weighted by atomic mass is 35.5. The van der Waals surface area contributed by atoms with Crippen LogP contribution in [0.2, 0.25) is 10.0 Å². The molecule has 1 aliphatic rings. The maximum absolute atomic E-state index is 14.6. The topological polar surface area (TPSA) is 455 Å². The maximum Gasteiger partial charge on any atom is 0.245 e. The number of halogens is 2. The van der Waals surface area contributed by atoms with Gasteiger partial charge in [-0.1, -0.05) is 76.2 Å². The van der Waals surface area contributed by atoms with Crippen LogP contribution in [0.3, 0.4) is 0 Å². The molecule has 1 saturated heterocycles. The summed E-state index contributed by atoms with van der Waals surface area (Å²) in [7, 11) is 0. The van der Waals surface area contributed by atoms with Crippen LogP contribution >= 0.6 is 23.2 Å². The third-order valence-corrected chi connectivity index (χ3v) is 16.0. The zero-order chi connectivity index (χ0) is 65.5. The zero-order valence-electron chi connectivity index (χ0n) is 51.4. The summed E-state index contributed by atoms with van der Waals surface area (Å²) >= 11 is 12.6. The van der Waals surface area contributed by atoms with Gasteiger partial charge >= 0.3 is 0 Å². The second-order valence-corrected chi connectivity index (χ2v) is 24.1. The number of rotatable bonds is 31. The number of Topliss-reactive ketones (excluding diaryl/α,β-unsaturated/α-hetero) is 3. The summed E-state index contributed by atoms with van der Waals surface area (Å²) in [6.07, 6.45) is -1.73. The predicted octanol–water partition coefficient (Wildman–Crippen LogP) is -0.666. The molecule has 0 bridgehead atoms. The molecule has 1 fully saturated rings. The summed E-state index contributed by atoms with van der Waals surface area (Å²) in [4.78, 5) is 155. The van der Waals surface area contributed by atoms with Gasteiger partial charge in [-0.3, -0.25) is 52.7 Å². The van der Waals surface area contributed by atoms with Gasteiger partial charge in [0.2, 0.25) is 47.3 Å². The van der Waals surface area contributed by atoms with E-state index in [4.69, 9.17) is 51.9 Å². The number of ketones is 3. The van der Waals surface area contributed by atoms with Crippen molar-refractivity contribution in [3.05, 3.63) is 33.8 Å². The monoisotopic (exact) mass is 1270 g/mol. The van der Waals surface area contributed by atoms with Gasteiger partial charge in [-0.25, -0.2) is 0 Å². The third-order valence-electron chi connectivity index (χ3n) is 15.3. The Bertz CT molecular complexity index is 2440. The van der Waals surface area contributed by atoms with E-state index in [2.05, 4.69) is 56.4 Å². The van der Waals surface area contributed by atoms with Crippen molar-refractivity contribution in [1.29, 1.82) is 0 Å². The summed E-state index contributed by atoms with van der Waals surface area (Å²) in [5.74, 6) is -11.8. The number of hydrogen-bond donors (Lipinski definition) is 15. The van der Waals surface area contributed by atoms with Crippen LogP contribution in [0, 0.1) is 29.6 Å². The average molecular weight is 1270 g/mol. The average Bonchev–Trinajstić information content (AvgIpc) is 3.34. The number of carbonyl (C=O) groups is 11. The van der Waals surface area contributed by atoms with Crippen molar-refractivity contribution in [2.24, 2.45) is 58.3 Å². The molecule has 1 aromatic carbocycles. The Labute approximate surface area is 521 Å². The number of nitrogens with one attached hydrogen (secondary N) is 8. The summed E-state index contributed by atoms with van der Waals surface area (Å²) in [6, 6.07) is -5.79. The fourth-order valence-electron chi connectivity index (χ4n) is 9.98. The molecule has 1 aromatic rings. The molecular formula is C59H99Cl2N13O13. The van der Waals surface area contributed by atoms with Crippen molar-refractivity contribution in [3.63, 3.8) is 0 Å². The van der Waals surface area contributed by atoms with Gasteiger partial charge in [0.1, 0.15) is 42.0 Å². The Balaban J connectivity index is 2.72. The van der Waals surface area contributed by atoms with Gasteiger partial charge in [0.05, 0.1) is 28.3 Å². The SMILES string of the molecule is CC[C@H](C)CCCCC(=O)C[C@@H](CCN)C(=O)N[C@H](C(=O)C[C@@H](CCN)C(=O)N[C@H]1CCNC(=O)[C@H]([C@@H](C)O)NC(=O)[C@H](CCN)NC(=O)[C@H](CCN)NC(=O)[C@H](CC(C)C)NC(=O)[C@@H](Cc2ccc(Cl)c(Cl)c2)CC(=O)[C@H](CCN)NC1=O)[C@@H](C)O. The van der Waals surface area contributed by atoms with Crippen molar-refractivity contribution in [3.8, 4) is 0 Å². The molecule has 8 amide bonds. The van der Waals surface area contributed by atoms with E-state index in [9.17, 15) is 63.0 Å². The molecule has 0 saturated carbocycles.